The minimum atomic E-state index is -1.31. The second-order valence-corrected chi connectivity index (χ2v) is 10.7. The lowest BCUT2D eigenvalue weighted by Crippen LogP contribution is -2.66. The fourth-order valence-corrected chi connectivity index (χ4v) is 5.96. The van der Waals surface area contributed by atoms with Crippen molar-refractivity contribution in [1.29, 1.82) is 5.26 Å². The monoisotopic (exact) mass is 557 g/mol. The zero-order valence-corrected chi connectivity index (χ0v) is 22.3. The van der Waals surface area contributed by atoms with Crippen LogP contribution in [0.1, 0.15) is 35.2 Å². The van der Waals surface area contributed by atoms with E-state index in [1.165, 1.54) is 12.4 Å². The number of aryl methyl sites for hydroxylation is 1. The van der Waals surface area contributed by atoms with Crippen LogP contribution in [0.5, 0.6) is 0 Å². The van der Waals surface area contributed by atoms with Crippen LogP contribution in [0.15, 0.2) is 43.1 Å². The number of carbonyl (C=O) groups excluding carboxylic acids is 1. The number of carboxylic acid groups (broad SMARTS) is 1. The molecule has 210 valence electrons. The summed E-state index contributed by atoms with van der Waals surface area (Å²) in [5, 5.41) is 27.3. The van der Waals surface area contributed by atoms with Crippen molar-refractivity contribution in [1.82, 2.24) is 34.5 Å². The first-order valence-corrected chi connectivity index (χ1v) is 13.3. The average molecular weight is 558 g/mol. The van der Waals surface area contributed by atoms with Crippen LogP contribution < -0.4 is 5.32 Å². The van der Waals surface area contributed by atoms with Crippen LogP contribution in [-0.4, -0.2) is 83.9 Å². The molecule has 2 amide bonds. The van der Waals surface area contributed by atoms with Gasteiger partial charge in [0.2, 0.25) is 0 Å². The number of anilines is 1. The van der Waals surface area contributed by atoms with Gasteiger partial charge in [0.05, 0.1) is 35.6 Å². The lowest BCUT2D eigenvalue weighted by Gasteiger charge is -2.53. The van der Waals surface area contributed by atoms with Gasteiger partial charge in [0.25, 0.3) is 0 Å². The number of halogens is 1. The van der Waals surface area contributed by atoms with Gasteiger partial charge in [0, 0.05) is 55.6 Å². The number of urea groups is 1. The predicted octanol–water partition coefficient (Wildman–Crippen LogP) is 3.59. The van der Waals surface area contributed by atoms with E-state index in [9.17, 15) is 24.3 Å². The van der Waals surface area contributed by atoms with Crippen LogP contribution in [0.4, 0.5) is 14.9 Å². The summed E-state index contributed by atoms with van der Waals surface area (Å²) < 4.78 is 15.6. The Morgan fingerprint density at radius 2 is 2.05 bits per heavy atom. The molecule has 0 radical (unpaired) electrons. The van der Waals surface area contributed by atoms with Gasteiger partial charge in [-0.2, -0.15) is 10.4 Å². The summed E-state index contributed by atoms with van der Waals surface area (Å²) in [5.74, 6) is -1.97. The van der Waals surface area contributed by atoms with Crippen LogP contribution in [0.25, 0.3) is 22.3 Å². The molecule has 41 heavy (non-hydrogen) atoms. The number of carboxylic acids is 1. The number of piperidine rings is 1. The number of rotatable bonds is 6. The molecule has 2 aliphatic heterocycles. The molecule has 0 aliphatic carbocycles. The van der Waals surface area contributed by atoms with Gasteiger partial charge in [-0.05, 0) is 43.5 Å². The van der Waals surface area contributed by atoms with E-state index in [0.717, 1.165) is 41.2 Å². The van der Waals surface area contributed by atoms with Crippen LogP contribution >= 0.6 is 0 Å². The number of aromatic nitrogens is 5. The number of likely N-dealkylation sites (tertiary alicyclic amines) is 2. The first kappa shape index (κ1) is 26.4. The molecular formula is C28H28FN9O3. The maximum absolute atomic E-state index is 13.7. The van der Waals surface area contributed by atoms with Crippen LogP contribution in [0, 0.1) is 24.1 Å². The summed E-state index contributed by atoms with van der Waals surface area (Å²) in [5.41, 5.74) is 2.11. The number of aromatic carboxylic acids is 1. The number of nitriles is 1. The fourth-order valence-electron chi connectivity index (χ4n) is 5.96. The molecule has 5 heterocycles. The predicted molar refractivity (Wildman–Crippen MR) is 147 cm³/mol. The first-order chi connectivity index (χ1) is 19.8. The highest BCUT2D eigenvalue weighted by molar-refractivity contribution is 6.01. The highest BCUT2D eigenvalue weighted by Crippen LogP contribution is 2.37. The van der Waals surface area contributed by atoms with E-state index in [4.69, 9.17) is 0 Å². The minimum absolute atomic E-state index is 0.104. The van der Waals surface area contributed by atoms with Gasteiger partial charge in [-0.3, -0.25) is 9.58 Å². The molecule has 3 aromatic heterocycles. The maximum atomic E-state index is 13.7. The highest BCUT2D eigenvalue weighted by Gasteiger charge is 2.48. The van der Waals surface area contributed by atoms with Gasteiger partial charge >= 0.3 is 12.0 Å². The van der Waals surface area contributed by atoms with Crippen molar-refractivity contribution in [3.05, 3.63) is 60.1 Å². The van der Waals surface area contributed by atoms with Gasteiger partial charge in [-0.1, -0.05) is 0 Å². The van der Waals surface area contributed by atoms with Crippen molar-refractivity contribution < 1.29 is 19.1 Å². The molecule has 3 N–H and O–H groups in total. The molecule has 0 atom stereocenters. The standard InChI is InChI=1S/C28H28FN9O3/c1-17-10-19(29)11-22(26(39)40)23(17)35-27(41)36-8-3-20(4-9-36)37-14-28(15-37,5-6-30)38-13-18(12-34-38)24-21-2-7-31-25(21)33-16-32-24/h2,7,10-13,16,20H,3-5,8-9,14-15H2,1H3,(H,35,41)(H,39,40)(H,31,32,33). The van der Waals surface area contributed by atoms with Crippen molar-refractivity contribution >= 4 is 28.7 Å². The van der Waals surface area contributed by atoms with E-state index in [-0.39, 0.29) is 17.3 Å². The van der Waals surface area contributed by atoms with Gasteiger partial charge < -0.3 is 20.3 Å². The van der Waals surface area contributed by atoms with E-state index in [1.807, 2.05) is 23.1 Å². The highest BCUT2D eigenvalue weighted by atomic mass is 19.1. The molecule has 2 saturated heterocycles. The number of hydrogen-bond acceptors (Lipinski definition) is 7. The van der Waals surface area contributed by atoms with Crippen molar-refractivity contribution in [2.45, 2.75) is 37.8 Å². The number of amides is 2. The summed E-state index contributed by atoms with van der Waals surface area (Å²) in [4.78, 5) is 40.3. The van der Waals surface area contributed by atoms with Crippen LogP contribution in [-0.2, 0) is 5.54 Å². The Balaban J connectivity index is 1.09. The summed E-state index contributed by atoms with van der Waals surface area (Å²) in [6.07, 6.45) is 8.84. The van der Waals surface area contributed by atoms with E-state index < -0.39 is 23.4 Å². The zero-order valence-electron chi connectivity index (χ0n) is 22.3. The molecule has 2 aliphatic rings. The van der Waals surface area contributed by atoms with Crippen molar-refractivity contribution in [3.8, 4) is 17.3 Å². The molecule has 12 nitrogen and oxygen atoms in total. The van der Waals surface area contributed by atoms with Crippen molar-refractivity contribution in [3.63, 3.8) is 0 Å². The smallest absolute Gasteiger partial charge is 0.337 e. The minimum Gasteiger partial charge on any atom is -0.478 e. The molecule has 6 rings (SSSR count). The average Bonchev–Trinajstić information content (AvgIpc) is 3.62. The van der Waals surface area contributed by atoms with E-state index in [0.29, 0.717) is 38.2 Å². The molecule has 0 saturated carbocycles. The van der Waals surface area contributed by atoms with Crippen LogP contribution in [0.2, 0.25) is 0 Å². The normalized spacial score (nSPS) is 17.2. The lowest BCUT2D eigenvalue weighted by atomic mass is 9.84. The lowest BCUT2D eigenvalue weighted by molar-refractivity contribution is -0.0399. The largest absolute Gasteiger partial charge is 0.478 e. The second-order valence-electron chi connectivity index (χ2n) is 10.7. The Bertz CT molecular complexity index is 1680. The Morgan fingerprint density at radius 1 is 1.27 bits per heavy atom. The van der Waals surface area contributed by atoms with Gasteiger partial charge in [0.1, 0.15) is 23.3 Å². The number of benzene rings is 1. The number of nitrogens with zero attached hydrogens (tertiary/aromatic N) is 7. The zero-order chi connectivity index (χ0) is 28.7. The third kappa shape index (κ3) is 4.76. The van der Waals surface area contributed by atoms with E-state index in [1.54, 1.807) is 18.0 Å². The number of fused-ring (bicyclic) bond motifs is 1. The van der Waals surface area contributed by atoms with Gasteiger partial charge in [-0.25, -0.2) is 23.9 Å². The van der Waals surface area contributed by atoms with E-state index in [2.05, 4.69) is 36.3 Å². The molecule has 1 aromatic carbocycles. The Morgan fingerprint density at radius 3 is 2.78 bits per heavy atom. The molecule has 0 spiro atoms. The van der Waals surface area contributed by atoms with Crippen molar-refractivity contribution in [2.24, 2.45) is 0 Å². The Labute approximate surface area is 234 Å². The molecule has 13 heteroatoms. The third-order valence-electron chi connectivity index (χ3n) is 8.13. The summed E-state index contributed by atoms with van der Waals surface area (Å²) in [6, 6.07) is 6.19. The molecular weight excluding hydrogens is 529 g/mol. The Kier molecular flexibility index (Phi) is 6.63. The molecule has 4 aromatic rings. The number of hydrogen-bond donors (Lipinski definition) is 3. The topological polar surface area (TPSA) is 156 Å². The third-order valence-corrected chi connectivity index (χ3v) is 8.13. The van der Waals surface area contributed by atoms with Gasteiger partial charge in [0.15, 0.2) is 0 Å². The second kappa shape index (κ2) is 10.3. The summed E-state index contributed by atoms with van der Waals surface area (Å²) >= 11 is 0. The van der Waals surface area contributed by atoms with Crippen LogP contribution in [0.3, 0.4) is 0 Å². The van der Waals surface area contributed by atoms with Gasteiger partial charge in [-0.15, -0.1) is 0 Å². The Hall–Kier alpha value is -4.83. The SMILES string of the molecule is Cc1cc(F)cc(C(=O)O)c1NC(=O)N1CCC(N2CC(CC#N)(n3cc(-c4ncnc5[nH]ccc45)cn3)C2)CC1. The maximum Gasteiger partial charge on any atom is 0.337 e. The van der Waals surface area contributed by atoms with Crippen molar-refractivity contribution in [2.75, 3.05) is 31.5 Å². The number of aromatic amines is 1. The molecule has 0 bridgehead atoms. The summed E-state index contributed by atoms with van der Waals surface area (Å²) in [6.45, 7) is 3.88. The van der Waals surface area contributed by atoms with E-state index >= 15 is 0 Å². The number of nitrogens with one attached hydrogen (secondary N) is 2. The number of H-pyrrole nitrogens is 1. The first-order valence-electron chi connectivity index (χ1n) is 13.3. The number of carbonyl (C=O) groups is 2. The quantitative estimate of drug-likeness (QED) is 0.325. The molecule has 2 fully saturated rings. The fraction of sp³-hybridized carbons (Fsp3) is 0.357. The summed E-state index contributed by atoms with van der Waals surface area (Å²) in [7, 11) is 0. The molecule has 0 unspecified atom stereocenters.